The minimum Gasteiger partial charge on any atom is -0.0578 e. The maximum atomic E-state index is 3.73. The van der Waals surface area contributed by atoms with Crippen LogP contribution in [0.1, 0.15) is 31.4 Å². The molecule has 0 aliphatic heterocycles. The molecular weight excluding hydrogens is 332 g/mol. The van der Waals surface area contributed by atoms with Gasteiger partial charge in [0.2, 0.25) is 0 Å². The molecule has 0 fully saturated rings. The summed E-state index contributed by atoms with van der Waals surface area (Å²) in [6, 6.07) is 16.1. The standard InChI is InChI=1S/C21H17Br/c1-21(2)10-9-13-4-3-12-5-7-15-17(22)8-6-14-11-16(21)19(13)20(12)18(14)15/h3-8,11H,9-10H2,1-2H3. The molecule has 4 aromatic carbocycles. The minimum absolute atomic E-state index is 0.258. The van der Waals surface area contributed by atoms with Crippen LogP contribution in [0.25, 0.3) is 32.3 Å². The molecule has 1 aliphatic rings. The number of hydrogen-bond acceptors (Lipinski definition) is 0. The van der Waals surface area contributed by atoms with Crippen LogP contribution in [0.4, 0.5) is 0 Å². The van der Waals surface area contributed by atoms with Gasteiger partial charge in [-0.1, -0.05) is 60.1 Å². The highest BCUT2D eigenvalue weighted by molar-refractivity contribution is 9.10. The van der Waals surface area contributed by atoms with Crippen molar-refractivity contribution in [3.63, 3.8) is 0 Å². The van der Waals surface area contributed by atoms with Gasteiger partial charge in [-0.15, -0.1) is 0 Å². The van der Waals surface area contributed by atoms with Crippen LogP contribution in [0.2, 0.25) is 0 Å². The second kappa shape index (κ2) is 4.02. The van der Waals surface area contributed by atoms with E-state index in [9.17, 15) is 0 Å². The molecule has 0 spiro atoms. The van der Waals surface area contributed by atoms with E-state index in [2.05, 4.69) is 72.2 Å². The van der Waals surface area contributed by atoms with Gasteiger partial charge >= 0.3 is 0 Å². The minimum atomic E-state index is 0.258. The van der Waals surface area contributed by atoms with Crippen molar-refractivity contribution in [3.05, 3.63) is 58.1 Å². The Kier molecular flexibility index (Phi) is 2.36. The zero-order valence-electron chi connectivity index (χ0n) is 12.8. The Hall–Kier alpha value is -1.60. The molecule has 0 N–H and O–H groups in total. The van der Waals surface area contributed by atoms with Gasteiger partial charge in [-0.3, -0.25) is 0 Å². The van der Waals surface area contributed by atoms with Gasteiger partial charge in [0, 0.05) is 4.47 Å². The zero-order valence-corrected chi connectivity index (χ0v) is 14.4. The molecule has 5 rings (SSSR count). The topological polar surface area (TPSA) is 0 Å². The van der Waals surface area contributed by atoms with E-state index in [-0.39, 0.29) is 5.41 Å². The maximum absolute atomic E-state index is 3.73. The van der Waals surface area contributed by atoms with Crippen LogP contribution in [-0.2, 0) is 11.8 Å². The fourth-order valence-corrected chi connectivity index (χ4v) is 4.74. The molecular formula is C21H17Br. The molecule has 0 atom stereocenters. The highest BCUT2D eigenvalue weighted by Crippen LogP contribution is 2.47. The molecule has 0 radical (unpaired) electrons. The van der Waals surface area contributed by atoms with Crippen molar-refractivity contribution in [3.8, 4) is 0 Å². The summed E-state index contributed by atoms with van der Waals surface area (Å²) in [6.07, 6.45) is 2.43. The second-order valence-electron chi connectivity index (χ2n) is 7.26. The van der Waals surface area contributed by atoms with Gasteiger partial charge in [0.25, 0.3) is 0 Å². The Morgan fingerprint density at radius 1 is 0.864 bits per heavy atom. The van der Waals surface area contributed by atoms with E-state index in [4.69, 9.17) is 0 Å². The SMILES string of the molecule is CC1(C)CCc2ccc3ccc4c(Br)ccc5cc1c2c3c54. The lowest BCUT2D eigenvalue weighted by Gasteiger charge is -2.33. The molecule has 0 bridgehead atoms. The average Bonchev–Trinajstić information content (AvgIpc) is 2.52. The van der Waals surface area contributed by atoms with Gasteiger partial charge < -0.3 is 0 Å². The van der Waals surface area contributed by atoms with Crippen LogP contribution < -0.4 is 0 Å². The van der Waals surface area contributed by atoms with E-state index in [1.54, 1.807) is 0 Å². The first kappa shape index (κ1) is 12.9. The first-order chi connectivity index (χ1) is 10.6. The van der Waals surface area contributed by atoms with Crippen molar-refractivity contribution in [1.82, 2.24) is 0 Å². The molecule has 4 aromatic rings. The van der Waals surface area contributed by atoms with Gasteiger partial charge in [-0.05, 0) is 73.8 Å². The number of hydrogen-bond donors (Lipinski definition) is 0. The normalized spacial score (nSPS) is 16.9. The van der Waals surface area contributed by atoms with Crippen LogP contribution in [-0.4, -0.2) is 0 Å². The number of aryl methyl sites for hydroxylation is 1. The van der Waals surface area contributed by atoms with E-state index in [1.165, 1.54) is 60.8 Å². The Labute approximate surface area is 138 Å². The summed E-state index contributed by atoms with van der Waals surface area (Å²) in [5.41, 5.74) is 3.31. The lowest BCUT2D eigenvalue weighted by atomic mass is 9.70. The molecule has 108 valence electrons. The lowest BCUT2D eigenvalue weighted by molar-refractivity contribution is 0.475. The third-order valence-corrected chi connectivity index (χ3v) is 6.24. The maximum Gasteiger partial charge on any atom is 0.0254 e. The van der Waals surface area contributed by atoms with Gasteiger partial charge in [0.1, 0.15) is 0 Å². The fraction of sp³-hybridized carbons (Fsp3) is 0.238. The predicted octanol–water partition coefficient (Wildman–Crippen LogP) is 6.57. The summed E-state index contributed by atoms with van der Waals surface area (Å²) in [5.74, 6) is 0. The summed E-state index contributed by atoms with van der Waals surface area (Å²) in [6.45, 7) is 4.79. The first-order valence-corrected chi connectivity index (χ1v) is 8.75. The monoisotopic (exact) mass is 348 g/mol. The second-order valence-corrected chi connectivity index (χ2v) is 8.12. The molecule has 0 amide bonds. The Morgan fingerprint density at radius 3 is 2.50 bits per heavy atom. The smallest absolute Gasteiger partial charge is 0.0254 e. The van der Waals surface area contributed by atoms with Gasteiger partial charge in [0.15, 0.2) is 0 Å². The largest absolute Gasteiger partial charge is 0.0578 e. The molecule has 22 heavy (non-hydrogen) atoms. The number of rotatable bonds is 0. The van der Waals surface area contributed by atoms with Crippen molar-refractivity contribution in [2.75, 3.05) is 0 Å². The molecule has 1 aliphatic carbocycles. The van der Waals surface area contributed by atoms with Crippen molar-refractivity contribution >= 4 is 48.2 Å². The average molecular weight is 349 g/mol. The lowest BCUT2D eigenvalue weighted by Crippen LogP contribution is -2.23. The summed E-state index contributed by atoms with van der Waals surface area (Å²) >= 11 is 3.73. The molecule has 0 heterocycles. The fourth-order valence-electron chi connectivity index (χ4n) is 4.28. The third-order valence-electron chi connectivity index (χ3n) is 5.55. The van der Waals surface area contributed by atoms with Gasteiger partial charge in [-0.2, -0.15) is 0 Å². The molecule has 0 saturated carbocycles. The van der Waals surface area contributed by atoms with E-state index in [0.717, 1.165) is 0 Å². The molecule has 0 unspecified atom stereocenters. The summed E-state index contributed by atoms with van der Waals surface area (Å²) < 4.78 is 1.19. The molecule has 0 nitrogen and oxygen atoms in total. The van der Waals surface area contributed by atoms with E-state index in [0.29, 0.717) is 0 Å². The summed E-state index contributed by atoms with van der Waals surface area (Å²) in [4.78, 5) is 0. The van der Waals surface area contributed by atoms with Crippen LogP contribution >= 0.6 is 15.9 Å². The zero-order chi connectivity index (χ0) is 15.1. The third kappa shape index (κ3) is 1.48. The predicted molar refractivity (Wildman–Crippen MR) is 99.2 cm³/mol. The van der Waals surface area contributed by atoms with Crippen molar-refractivity contribution in [2.45, 2.75) is 32.1 Å². The van der Waals surface area contributed by atoms with Crippen LogP contribution in [0, 0.1) is 0 Å². The summed E-state index contributed by atoms with van der Waals surface area (Å²) in [5, 5.41) is 8.48. The Bertz CT molecular complexity index is 1060. The van der Waals surface area contributed by atoms with E-state index in [1.807, 2.05) is 0 Å². The Balaban J connectivity index is 2.17. The van der Waals surface area contributed by atoms with Crippen molar-refractivity contribution < 1.29 is 0 Å². The van der Waals surface area contributed by atoms with Crippen molar-refractivity contribution in [1.29, 1.82) is 0 Å². The first-order valence-electron chi connectivity index (χ1n) is 7.96. The Morgan fingerprint density at radius 2 is 1.64 bits per heavy atom. The highest BCUT2D eigenvalue weighted by Gasteiger charge is 2.30. The van der Waals surface area contributed by atoms with Crippen LogP contribution in [0.3, 0.4) is 0 Å². The van der Waals surface area contributed by atoms with Crippen molar-refractivity contribution in [2.24, 2.45) is 0 Å². The number of benzene rings is 4. The quantitative estimate of drug-likeness (QED) is 0.315. The van der Waals surface area contributed by atoms with Gasteiger partial charge in [0.05, 0.1) is 0 Å². The van der Waals surface area contributed by atoms with Crippen LogP contribution in [0.15, 0.2) is 46.9 Å². The van der Waals surface area contributed by atoms with E-state index >= 15 is 0 Å². The molecule has 1 heteroatoms. The molecule has 0 aromatic heterocycles. The summed E-state index contributed by atoms with van der Waals surface area (Å²) in [7, 11) is 0. The van der Waals surface area contributed by atoms with Gasteiger partial charge in [-0.25, -0.2) is 0 Å². The molecule has 0 saturated heterocycles. The highest BCUT2D eigenvalue weighted by atomic mass is 79.9. The van der Waals surface area contributed by atoms with Crippen LogP contribution in [0.5, 0.6) is 0 Å². The van der Waals surface area contributed by atoms with E-state index < -0.39 is 0 Å². The number of halogens is 1.